The maximum atomic E-state index is 5.70. The molecule has 82 valence electrons. The minimum absolute atomic E-state index is 0.163. The maximum Gasteiger partial charge on any atom is 0.137 e. The summed E-state index contributed by atoms with van der Waals surface area (Å²) in [6, 6.07) is 5.76. The Bertz CT molecular complexity index is 521. The first-order valence-electron chi connectivity index (χ1n) is 5.10. The average molecular weight is 214 g/mol. The molecule has 16 heavy (non-hydrogen) atoms. The molecule has 0 saturated heterocycles. The van der Waals surface area contributed by atoms with E-state index in [-0.39, 0.29) is 6.04 Å². The Balaban J connectivity index is 2.49. The van der Waals surface area contributed by atoms with E-state index in [1.165, 1.54) is 6.33 Å². The van der Waals surface area contributed by atoms with Gasteiger partial charge in [0.15, 0.2) is 0 Å². The second-order valence-corrected chi connectivity index (χ2v) is 3.67. The SMILES string of the molecule is C=CC(C)Nc1ncnc2cc(N)ccc12. The van der Waals surface area contributed by atoms with Gasteiger partial charge in [-0.1, -0.05) is 6.08 Å². The lowest BCUT2D eigenvalue weighted by Crippen LogP contribution is -2.12. The van der Waals surface area contributed by atoms with Crippen LogP contribution in [0.25, 0.3) is 10.9 Å². The van der Waals surface area contributed by atoms with Crippen LogP contribution in [-0.4, -0.2) is 16.0 Å². The first-order chi connectivity index (χ1) is 7.70. The van der Waals surface area contributed by atoms with Gasteiger partial charge in [-0.2, -0.15) is 0 Å². The molecule has 0 aliphatic rings. The minimum Gasteiger partial charge on any atom is -0.399 e. The highest BCUT2D eigenvalue weighted by atomic mass is 15.0. The molecule has 1 aromatic heterocycles. The molecule has 0 amide bonds. The molecule has 0 aliphatic heterocycles. The summed E-state index contributed by atoms with van der Waals surface area (Å²) >= 11 is 0. The van der Waals surface area contributed by atoms with E-state index in [9.17, 15) is 0 Å². The number of fused-ring (bicyclic) bond motifs is 1. The zero-order valence-corrected chi connectivity index (χ0v) is 9.14. The third kappa shape index (κ3) is 1.95. The second-order valence-electron chi connectivity index (χ2n) is 3.67. The van der Waals surface area contributed by atoms with Gasteiger partial charge in [-0.3, -0.25) is 0 Å². The Morgan fingerprint density at radius 2 is 2.25 bits per heavy atom. The number of nitrogen functional groups attached to an aromatic ring is 1. The highest BCUT2D eigenvalue weighted by Gasteiger charge is 2.05. The van der Waals surface area contributed by atoms with Crippen LogP contribution in [0.4, 0.5) is 11.5 Å². The third-order valence-corrected chi connectivity index (χ3v) is 2.38. The van der Waals surface area contributed by atoms with Crippen LogP contribution in [0.15, 0.2) is 37.2 Å². The third-order valence-electron chi connectivity index (χ3n) is 2.38. The molecular weight excluding hydrogens is 200 g/mol. The lowest BCUT2D eigenvalue weighted by Gasteiger charge is -2.11. The zero-order chi connectivity index (χ0) is 11.5. The fourth-order valence-corrected chi connectivity index (χ4v) is 1.46. The van der Waals surface area contributed by atoms with Crippen molar-refractivity contribution in [2.24, 2.45) is 0 Å². The molecule has 1 heterocycles. The van der Waals surface area contributed by atoms with E-state index in [1.807, 2.05) is 31.2 Å². The molecule has 0 radical (unpaired) electrons. The molecule has 2 aromatic rings. The quantitative estimate of drug-likeness (QED) is 0.607. The van der Waals surface area contributed by atoms with Crippen molar-refractivity contribution in [3.63, 3.8) is 0 Å². The first-order valence-corrected chi connectivity index (χ1v) is 5.10. The van der Waals surface area contributed by atoms with Crippen molar-refractivity contribution in [2.75, 3.05) is 11.1 Å². The van der Waals surface area contributed by atoms with Gasteiger partial charge in [0.25, 0.3) is 0 Å². The number of nitrogens with one attached hydrogen (secondary N) is 1. The Kier molecular flexibility index (Phi) is 2.72. The standard InChI is InChI=1S/C12H14N4/c1-3-8(2)16-12-10-5-4-9(13)6-11(10)14-7-15-12/h3-8H,1,13H2,2H3,(H,14,15,16). The molecule has 0 aliphatic carbocycles. The van der Waals surface area contributed by atoms with Crippen LogP contribution >= 0.6 is 0 Å². The summed E-state index contributed by atoms with van der Waals surface area (Å²) in [5.74, 6) is 0.803. The number of nitrogens with two attached hydrogens (primary N) is 1. The summed E-state index contributed by atoms with van der Waals surface area (Å²) in [6.45, 7) is 5.74. The van der Waals surface area contributed by atoms with Crippen molar-refractivity contribution in [3.8, 4) is 0 Å². The molecule has 1 unspecified atom stereocenters. The molecule has 0 saturated carbocycles. The molecule has 4 nitrogen and oxygen atoms in total. The van der Waals surface area contributed by atoms with Gasteiger partial charge >= 0.3 is 0 Å². The monoisotopic (exact) mass is 214 g/mol. The van der Waals surface area contributed by atoms with Gasteiger partial charge in [0.1, 0.15) is 12.1 Å². The summed E-state index contributed by atoms with van der Waals surface area (Å²) in [5.41, 5.74) is 7.25. The molecule has 3 N–H and O–H groups in total. The summed E-state index contributed by atoms with van der Waals surface area (Å²) in [4.78, 5) is 8.39. The topological polar surface area (TPSA) is 63.8 Å². The molecule has 0 bridgehead atoms. The number of rotatable bonds is 3. The summed E-state index contributed by atoms with van der Waals surface area (Å²) in [5, 5.41) is 4.21. The Hall–Kier alpha value is -2.10. The van der Waals surface area contributed by atoms with E-state index in [0.29, 0.717) is 5.69 Å². The molecule has 0 fully saturated rings. The number of hydrogen-bond acceptors (Lipinski definition) is 4. The highest BCUT2D eigenvalue weighted by molar-refractivity contribution is 5.90. The predicted molar refractivity (Wildman–Crippen MR) is 67.2 cm³/mol. The lowest BCUT2D eigenvalue weighted by atomic mass is 10.2. The first kappa shape index (κ1) is 10.4. The zero-order valence-electron chi connectivity index (χ0n) is 9.14. The molecular formula is C12H14N4. The highest BCUT2D eigenvalue weighted by Crippen LogP contribution is 2.21. The molecule has 2 rings (SSSR count). The summed E-state index contributed by atoms with van der Waals surface area (Å²) < 4.78 is 0. The smallest absolute Gasteiger partial charge is 0.137 e. The van der Waals surface area contributed by atoms with Gasteiger partial charge in [-0.05, 0) is 25.1 Å². The van der Waals surface area contributed by atoms with Gasteiger partial charge in [-0.15, -0.1) is 6.58 Å². The van der Waals surface area contributed by atoms with E-state index in [4.69, 9.17) is 5.73 Å². The van der Waals surface area contributed by atoms with Crippen LogP contribution in [0.1, 0.15) is 6.92 Å². The number of anilines is 2. The van der Waals surface area contributed by atoms with Crippen LogP contribution in [0, 0.1) is 0 Å². The van der Waals surface area contributed by atoms with Gasteiger partial charge < -0.3 is 11.1 Å². The normalized spacial score (nSPS) is 12.3. The second kappa shape index (κ2) is 4.18. The van der Waals surface area contributed by atoms with Crippen molar-refractivity contribution in [1.29, 1.82) is 0 Å². The van der Waals surface area contributed by atoms with Gasteiger partial charge in [0.05, 0.1) is 5.52 Å². The van der Waals surface area contributed by atoms with Gasteiger partial charge in [0.2, 0.25) is 0 Å². The van der Waals surface area contributed by atoms with Gasteiger partial charge in [-0.25, -0.2) is 9.97 Å². The van der Waals surface area contributed by atoms with Crippen LogP contribution < -0.4 is 11.1 Å². The number of hydrogen-bond donors (Lipinski definition) is 2. The average Bonchev–Trinajstić information content (AvgIpc) is 2.28. The van der Waals surface area contributed by atoms with Crippen molar-refractivity contribution < 1.29 is 0 Å². The van der Waals surface area contributed by atoms with Crippen LogP contribution in [-0.2, 0) is 0 Å². The van der Waals surface area contributed by atoms with E-state index >= 15 is 0 Å². The number of nitrogens with zero attached hydrogens (tertiary/aromatic N) is 2. The molecule has 0 spiro atoms. The van der Waals surface area contributed by atoms with Crippen molar-refractivity contribution in [3.05, 3.63) is 37.2 Å². The molecule has 4 heteroatoms. The largest absolute Gasteiger partial charge is 0.399 e. The Labute approximate surface area is 94.2 Å². The van der Waals surface area contributed by atoms with Crippen LogP contribution in [0.3, 0.4) is 0 Å². The lowest BCUT2D eigenvalue weighted by molar-refractivity contribution is 0.984. The maximum absolute atomic E-state index is 5.70. The van der Waals surface area contributed by atoms with Crippen molar-refractivity contribution in [2.45, 2.75) is 13.0 Å². The van der Waals surface area contributed by atoms with Gasteiger partial charge in [0, 0.05) is 17.1 Å². The van der Waals surface area contributed by atoms with E-state index in [1.54, 1.807) is 0 Å². The van der Waals surface area contributed by atoms with E-state index in [0.717, 1.165) is 16.7 Å². The minimum atomic E-state index is 0.163. The van der Waals surface area contributed by atoms with Crippen LogP contribution in [0.5, 0.6) is 0 Å². The predicted octanol–water partition coefficient (Wildman–Crippen LogP) is 2.20. The van der Waals surface area contributed by atoms with Crippen LogP contribution in [0.2, 0.25) is 0 Å². The fourth-order valence-electron chi connectivity index (χ4n) is 1.46. The number of benzene rings is 1. The number of aromatic nitrogens is 2. The summed E-state index contributed by atoms with van der Waals surface area (Å²) in [6.07, 6.45) is 3.35. The summed E-state index contributed by atoms with van der Waals surface area (Å²) in [7, 11) is 0. The van der Waals surface area contributed by atoms with E-state index < -0.39 is 0 Å². The molecule has 1 atom stereocenters. The van der Waals surface area contributed by atoms with E-state index in [2.05, 4.69) is 21.9 Å². The fraction of sp³-hybridized carbons (Fsp3) is 0.167. The molecule has 1 aromatic carbocycles. The van der Waals surface area contributed by atoms with Crippen molar-refractivity contribution in [1.82, 2.24) is 9.97 Å². The Morgan fingerprint density at radius 3 is 3.00 bits per heavy atom. The Morgan fingerprint density at radius 1 is 1.44 bits per heavy atom. The van der Waals surface area contributed by atoms with Crippen molar-refractivity contribution >= 4 is 22.4 Å².